The summed E-state index contributed by atoms with van der Waals surface area (Å²) in [5, 5.41) is 0.618. The summed E-state index contributed by atoms with van der Waals surface area (Å²) in [4.78, 5) is 0. The Labute approximate surface area is 78.5 Å². The van der Waals surface area contributed by atoms with E-state index in [1.54, 1.807) is 12.1 Å². The van der Waals surface area contributed by atoms with Gasteiger partial charge in [-0.3, -0.25) is 0 Å². The second kappa shape index (κ2) is 6.57. The molecule has 0 saturated heterocycles. The van der Waals surface area contributed by atoms with Gasteiger partial charge < -0.3 is 5.73 Å². The Balaban J connectivity index is 0.000000261. The quantitative estimate of drug-likeness (QED) is 0.484. The van der Waals surface area contributed by atoms with Crippen LogP contribution < -0.4 is 5.73 Å². The molecule has 0 fully saturated rings. The van der Waals surface area contributed by atoms with E-state index in [1.807, 2.05) is 19.1 Å². The van der Waals surface area contributed by atoms with E-state index in [4.69, 9.17) is 23.8 Å². The molecule has 2 heteroatoms. The predicted octanol–water partition coefficient (Wildman–Crippen LogP) is 2.95. The monoisotopic (exact) mass is 181 g/mol. The van der Waals surface area contributed by atoms with E-state index in [1.165, 1.54) is 0 Å². The number of rotatable bonds is 0. The van der Waals surface area contributed by atoms with Gasteiger partial charge in [0.1, 0.15) is 0 Å². The van der Waals surface area contributed by atoms with Crippen LogP contribution in [0.25, 0.3) is 0 Å². The van der Waals surface area contributed by atoms with Gasteiger partial charge in [0, 0.05) is 6.42 Å². The summed E-state index contributed by atoms with van der Waals surface area (Å²) < 4.78 is 0. The van der Waals surface area contributed by atoms with Gasteiger partial charge in [-0.25, -0.2) is 0 Å². The molecular weight excluding hydrogens is 170 g/mol. The average Bonchev–Trinajstić information content (AvgIpc) is 2.11. The summed E-state index contributed by atoms with van der Waals surface area (Å²) in [6, 6.07) is 7.22. The topological polar surface area (TPSA) is 26.0 Å². The fourth-order valence-electron chi connectivity index (χ4n) is 0.475. The molecule has 64 valence electrons. The van der Waals surface area contributed by atoms with E-state index in [0.717, 1.165) is 6.42 Å². The van der Waals surface area contributed by atoms with Crippen molar-refractivity contribution >= 4 is 17.3 Å². The second-order valence-corrected chi connectivity index (χ2v) is 2.49. The lowest BCUT2D eigenvalue weighted by Crippen LogP contribution is -1.82. The zero-order chi connectivity index (χ0) is 9.40. The lowest BCUT2D eigenvalue weighted by Gasteiger charge is -1.91. The van der Waals surface area contributed by atoms with Crippen LogP contribution in [-0.4, -0.2) is 0 Å². The number of hydrogen-bond acceptors (Lipinski definition) is 1. The van der Waals surface area contributed by atoms with Gasteiger partial charge in [-0.15, -0.1) is 12.3 Å². The first-order chi connectivity index (χ1) is 5.72. The van der Waals surface area contributed by atoms with E-state index < -0.39 is 0 Å². The number of nitrogen functional groups attached to an aromatic ring is 1. The molecule has 0 bridgehead atoms. The van der Waals surface area contributed by atoms with E-state index in [0.29, 0.717) is 10.7 Å². The Morgan fingerprint density at radius 1 is 1.50 bits per heavy atom. The molecule has 0 heterocycles. The van der Waals surface area contributed by atoms with Crippen molar-refractivity contribution in [3.8, 4) is 12.3 Å². The van der Waals surface area contributed by atoms with E-state index in [-0.39, 0.29) is 0 Å². The highest BCUT2D eigenvalue weighted by Gasteiger charge is 1.87. The van der Waals surface area contributed by atoms with Gasteiger partial charge in [0.15, 0.2) is 0 Å². The molecule has 0 amide bonds. The number of nitrogens with two attached hydrogens (primary N) is 1. The molecule has 0 atom stereocenters. The Kier molecular flexibility index (Phi) is 5.95. The van der Waals surface area contributed by atoms with Gasteiger partial charge >= 0.3 is 0 Å². The van der Waals surface area contributed by atoms with Gasteiger partial charge in [-0.2, -0.15) is 0 Å². The van der Waals surface area contributed by atoms with Gasteiger partial charge in [0.05, 0.1) is 10.7 Å². The SMILES string of the molecule is C#CCC.Nc1ccccc1Cl. The zero-order valence-electron chi connectivity index (χ0n) is 7.05. The highest BCUT2D eigenvalue weighted by atomic mass is 35.5. The van der Waals surface area contributed by atoms with Crippen LogP contribution in [0.3, 0.4) is 0 Å². The number of terminal acetylenes is 1. The Morgan fingerprint density at radius 2 is 2.00 bits per heavy atom. The average molecular weight is 182 g/mol. The van der Waals surface area contributed by atoms with Crippen molar-refractivity contribution in [2.24, 2.45) is 0 Å². The second-order valence-electron chi connectivity index (χ2n) is 2.08. The molecular formula is C10H12ClN. The van der Waals surface area contributed by atoms with Crippen LogP contribution in [-0.2, 0) is 0 Å². The number of hydrogen-bond donors (Lipinski definition) is 1. The maximum absolute atomic E-state index is 5.58. The maximum Gasteiger partial charge on any atom is 0.0635 e. The molecule has 0 saturated carbocycles. The summed E-state index contributed by atoms with van der Waals surface area (Å²) in [5.74, 6) is 2.43. The van der Waals surface area contributed by atoms with Crippen LogP contribution in [0.4, 0.5) is 5.69 Å². The summed E-state index contributed by atoms with van der Waals surface area (Å²) in [6.45, 7) is 1.94. The summed E-state index contributed by atoms with van der Waals surface area (Å²) in [5.41, 5.74) is 6.02. The normalized spacial score (nSPS) is 7.75. The third-order valence-electron chi connectivity index (χ3n) is 1.11. The van der Waals surface area contributed by atoms with Crippen LogP contribution in [0.5, 0.6) is 0 Å². The highest BCUT2D eigenvalue weighted by Crippen LogP contribution is 2.15. The standard InChI is InChI=1S/C6H6ClN.C4H6/c7-5-3-1-2-4-6(5)8;1-3-4-2/h1-4H,8H2;1H,4H2,2H3. The van der Waals surface area contributed by atoms with E-state index in [9.17, 15) is 0 Å². The highest BCUT2D eigenvalue weighted by molar-refractivity contribution is 6.33. The molecule has 1 rings (SSSR count). The zero-order valence-corrected chi connectivity index (χ0v) is 7.81. The first-order valence-electron chi connectivity index (χ1n) is 3.65. The molecule has 0 aromatic heterocycles. The molecule has 0 aliphatic carbocycles. The van der Waals surface area contributed by atoms with Crippen LogP contribution in [0, 0.1) is 12.3 Å². The van der Waals surface area contributed by atoms with Crippen molar-refractivity contribution < 1.29 is 0 Å². The first kappa shape index (κ1) is 10.9. The number of benzene rings is 1. The summed E-state index contributed by atoms with van der Waals surface area (Å²) in [7, 11) is 0. The van der Waals surface area contributed by atoms with Crippen LogP contribution in [0.15, 0.2) is 24.3 Å². The molecule has 0 radical (unpaired) electrons. The number of halogens is 1. The van der Waals surface area contributed by atoms with E-state index in [2.05, 4.69) is 5.92 Å². The lowest BCUT2D eigenvalue weighted by molar-refractivity contribution is 1.28. The fourth-order valence-corrected chi connectivity index (χ4v) is 0.611. The minimum atomic E-state index is 0.618. The minimum absolute atomic E-state index is 0.618. The maximum atomic E-state index is 5.58. The third kappa shape index (κ3) is 4.65. The molecule has 1 aromatic rings. The van der Waals surface area contributed by atoms with Crippen molar-refractivity contribution in [2.45, 2.75) is 13.3 Å². The van der Waals surface area contributed by atoms with Crippen molar-refractivity contribution in [3.63, 3.8) is 0 Å². The van der Waals surface area contributed by atoms with Gasteiger partial charge in [-0.05, 0) is 12.1 Å². The smallest absolute Gasteiger partial charge is 0.0635 e. The first-order valence-corrected chi connectivity index (χ1v) is 4.03. The number of para-hydroxylation sites is 1. The predicted molar refractivity (Wildman–Crippen MR) is 55.0 cm³/mol. The van der Waals surface area contributed by atoms with Gasteiger partial charge in [0.2, 0.25) is 0 Å². The molecule has 0 unspecified atom stereocenters. The molecule has 0 aliphatic rings. The Morgan fingerprint density at radius 3 is 2.25 bits per heavy atom. The molecule has 1 aromatic carbocycles. The molecule has 12 heavy (non-hydrogen) atoms. The van der Waals surface area contributed by atoms with Crippen LogP contribution in [0.1, 0.15) is 13.3 Å². The van der Waals surface area contributed by atoms with Gasteiger partial charge in [0.25, 0.3) is 0 Å². The molecule has 0 aliphatic heterocycles. The molecule has 0 spiro atoms. The summed E-state index contributed by atoms with van der Waals surface area (Å²) >= 11 is 5.58. The summed E-state index contributed by atoms with van der Waals surface area (Å²) in [6.07, 6.45) is 5.62. The lowest BCUT2D eigenvalue weighted by atomic mass is 10.3. The molecule has 2 N–H and O–H groups in total. The van der Waals surface area contributed by atoms with Gasteiger partial charge in [-0.1, -0.05) is 30.7 Å². The van der Waals surface area contributed by atoms with E-state index >= 15 is 0 Å². The fraction of sp³-hybridized carbons (Fsp3) is 0.200. The third-order valence-corrected chi connectivity index (χ3v) is 1.45. The van der Waals surface area contributed by atoms with Crippen LogP contribution in [0.2, 0.25) is 5.02 Å². The number of anilines is 1. The van der Waals surface area contributed by atoms with Crippen LogP contribution >= 0.6 is 11.6 Å². The largest absolute Gasteiger partial charge is 0.398 e. The van der Waals surface area contributed by atoms with Crippen molar-refractivity contribution in [1.82, 2.24) is 0 Å². The van der Waals surface area contributed by atoms with Crippen molar-refractivity contribution in [3.05, 3.63) is 29.3 Å². The van der Waals surface area contributed by atoms with Crippen molar-refractivity contribution in [1.29, 1.82) is 0 Å². The minimum Gasteiger partial charge on any atom is -0.398 e. The molecule has 1 nitrogen and oxygen atoms in total. The Bertz CT molecular complexity index is 242. The Hall–Kier alpha value is -1.13. The van der Waals surface area contributed by atoms with Crippen molar-refractivity contribution in [2.75, 3.05) is 5.73 Å².